The zero-order valence-corrected chi connectivity index (χ0v) is 8.98. The van der Waals surface area contributed by atoms with Crippen molar-refractivity contribution in [2.45, 2.75) is 5.03 Å². The van der Waals surface area contributed by atoms with Crippen molar-refractivity contribution in [3.63, 3.8) is 0 Å². The fourth-order valence-corrected chi connectivity index (χ4v) is 1.92. The summed E-state index contributed by atoms with van der Waals surface area (Å²) in [5.41, 5.74) is 0. The van der Waals surface area contributed by atoms with Crippen LogP contribution >= 0.6 is 0 Å². The summed E-state index contributed by atoms with van der Waals surface area (Å²) in [7, 11) is -3.76. The molecule has 0 saturated heterocycles. The second-order valence-electron chi connectivity index (χ2n) is 2.85. The molecule has 7 nitrogen and oxygen atoms in total. The lowest BCUT2D eigenvalue weighted by molar-refractivity contribution is 0.0615. The molecule has 0 saturated carbocycles. The van der Waals surface area contributed by atoms with Crippen molar-refractivity contribution in [2.75, 3.05) is 13.2 Å². The maximum atomic E-state index is 11.7. The Morgan fingerprint density at radius 2 is 2.19 bits per heavy atom. The Balaban J connectivity index is 2.18. The second-order valence-corrected chi connectivity index (χ2v) is 4.48. The van der Waals surface area contributed by atoms with E-state index >= 15 is 0 Å². The van der Waals surface area contributed by atoms with Crippen molar-refractivity contribution in [3.05, 3.63) is 24.4 Å². The van der Waals surface area contributed by atoms with Gasteiger partial charge in [0.1, 0.15) is 6.61 Å². The highest BCUT2D eigenvalue weighted by molar-refractivity contribution is 7.90. The van der Waals surface area contributed by atoms with Gasteiger partial charge in [-0.1, -0.05) is 6.07 Å². The highest BCUT2D eigenvalue weighted by Gasteiger charge is 2.20. The van der Waals surface area contributed by atoms with E-state index in [4.69, 9.17) is 4.74 Å². The molecule has 1 aromatic heterocycles. The van der Waals surface area contributed by atoms with Crippen molar-refractivity contribution in [3.8, 4) is 0 Å². The number of amidine groups is 1. The van der Waals surface area contributed by atoms with Crippen LogP contribution in [0.5, 0.6) is 0 Å². The molecule has 0 spiro atoms. The summed E-state index contributed by atoms with van der Waals surface area (Å²) in [6.07, 6.45) is 1.38. The van der Waals surface area contributed by atoms with Gasteiger partial charge in [-0.3, -0.25) is 0 Å². The Labute approximate surface area is 92.1 Å². The zero-order chi connectivity index (χ0) is 11.4. The van der Waals surface area contributed by atoms with Crippen LogP contribution in [0.3, 0.4) is 0 Å². The van der Waals surface area contributed by atoms with Crippen LogP contribution in [0.1, 0.15) is 0 Å². The molecule has 0 unspecified atom stereocenters. The Kier molecular flexibility index (Phi) is 2.91. The van der Waals surface area contributed by atoms with Crippen LogP contribution < -0.4 is 4.72 Å². The number of ether oxygens (including phenoxy) is 1. The molecule has 8 heteroatoms. The Morgan fingerprint density at radius 3 is 2.81 bits per heavy atom. The molecule has 0 fully saturated rings. The number of hydrogen-bond donors (Lipinski definition) is 1. The number of nitrogens with one attached hydrogen (secondary N) is 1. The molecule has 0 radical (unpaired) electrons. The molecule has 0 bridgehead atoms. The molecule has 1 aliphatic rings. The first-order valence-corrected chi connectivity index (χ1v) is 5.93. The predicted molar refractivity (Wildman–Crippen MR) is 53.9 cm³/mol. The maximum absolute atomic E-state index is 11.7. The smallest absolute Gasteiger partial charge is 0.338 e. The summed E-state index contributed by atoms with van der Waals surface area (Å²) in [4.78, 5) is 8.39. The minimum absolute atomic E-state index is 0.105. The molecule has 86 valence electrons. The van der Waals surface area contributed by atoms with Crippen LogP contribution in [0.15, 0.2) is 34.6 Å². The topological polar surface area (TPSA) is 89.9 Å². The number of hydrogen-bond acceptors (Lipinski definition) is 6. The number of aromatic nitrogens is 1. The molecular formula is C8H9N3O4S. The molecular weight excluding hydrogens is 234 g/mol. The van der Waals surface area contributed by atoms with Crippen molar-refractivity contribution in [2.24, 2.45) is 5.16 Å². The molecule has 16 heavy (non-hydrogen) atoms. The third-order valence-corrected chi connectivity index (χ3v) is 2.93. The summed E-state index contributed by atoms with van der Waals surface area (Å²) >= 11 is 0. The van der Waals surface area contributed by atoms with Crippen molar-refractivity contribution in [1.82, 2.24) is 9.71 Å². The standard InChI is InChI=1S/C8H9N3O4S/c12-16(13,7-3-1-2-4-9-7)11-8-10-15-6-5-14-8/h1-4H,5-6H2,(H,10,11). The quantitative estimate of drug-likeness (QED) is 0.768. The van der Waals surface area contributed by atoms with Gasteiger partial charge in [0.25, 0.3) is 10.0 Å². The van der Waals surface area contributed by atoms with E-state index < -0.39 is 10.0 Å². The minimum atomic E-state index is -3.76. The van der Waals surface area contributed by atoms with E-state index in [2.05, 4.69) is 19.7 Å². The maximum Gasteiger partial charge on any atom is 0.338 e. The van der Waals surface area contributed by atoms with Crippen LogP contribution in [0, 0.1) is 0 Å². The van der Waals surface area contributed by atoms with Crippen molar-refractivity contribution >= 4 is 16.0 Å². The van der Waals surface area contributed by atoms with E-state index in [0.717, 1.165) is 0 Å². The molecule has 1 N–H and O–H groups in total. The van der Waals surface area contributed by atoms with Crippen LogP contribution in [-0.4, -0.2) is 32.6 Å². The van der Waals surface area contributed by atoms with Gasteiger partial charge in [-0.25, -0.2) is 9.71 Å². The van der Waals surface area contributed by atoms with Crippen LogP contribution in [-0.2, 0) is 19.6 Å². The lowest BCUT2D eigenvalue weighted by Gasteiger charge is -2.14. The lowest BCUT2D eigenvalue weighted by Crippen LogP contribution is -2.35. The average molecular weight is 243 g/mol. The average Bonchev–Trinajstić information content (AvgIpc) is 2.31. The van der Waals surface area contributed by atoms with Gasteiger partial charge in [-0.15, -0.1) is 0 Å². The normalized spacial score (nSPS) is 15.6. The largest absolute Gasteiger partial charge is 0.459 e. The van der Waals surface area contributed by atoms with Gasteiger partial charge in [0, 0.05) is 6.20 Å². The highest BCUT2D eigenvalue weighted by Crippen LogP contribution is 2.04. The summed E-state index contributed by atoms with van der Waals surface area (Å²) in [6.45, 7) is 0.554. The molecule has 0 atom stereocenters. The Morgan fingerprint density at radius 1 is 1.31 bits per heavy atom. The first-order chi connectivity index (χ1) is 7.68. The first-order valence-electron chi connectivity index (χ1n) is 4.45. The number of nitrogens with zero attached hydrogens (tertiary/aromatic N) is 2. The number of pyridine rings is 1. The SMILES string of the molecule is O=S(=O)(NC1=NOCCO1)c1ccccn1. The molecule has 0 aliphatic carbocycles. The van der Waals surface area contributed by atoms with E-state index in [1.54, 1.807) is 12.1 Å². The predicted octanol–water partition coefficient (Wildman–Crippen LogP) is -0.322. The lowest BCUT2D eigenvalue weighted by atomic mass is 10.5. The third kappa shape index (κ3) is 2.40. The van der Waals surface area contributed by atoms with E-state index in [0.29, 0.717) is 6.61 Å². The fraction of sp³-hybridized carbons (Fsp3) is 0.250. The molecule has 1 aliphatic heterocycles. The van der Waals surface area contributed by atoms with Gasteiger partial charge in [0.2, 0.25) is 0 Å². The fourth-order valence-electron chi connectivity index (χ4n) is 1.03. The molecule has 2 rings (SSSR count). The van der Waals surface area contributed by atoms with E-state index in [-0.39, 0.29) is 17.7 Å². The summed E-state index contributed by atoms with van der Waals surface area (Å²) < 4.78 is 30.5. The van der Waals surface area contributed by atoms with Gasteiger partial charge in [-0.2, -0.15) is 8.42 Å². The van der Waals surface area contributed by atoms with Crippen LogP contribution in [0.25, 0.3) is 0 Å². The van der Waals surface area contributed by atoms with Crippen LogP contribution in [0.2, 0.25) is 0 Å². The number of rotatable bonds is 2. The molecule has 2 heterocycles. The number of sulfonamides is 1. The summed E-state index contributed by atoms with van der Waals surface area (Å²) in [6, 6.07) is 4.38. The molecule has 0 amide bonds. The Bertz CT molecular complexity index is 485. The second kappa shape index (κ2) is 4.35. The van der Waals surface area contributed by atoms with Crippen LogP contribution in [0.4, 0.5) is 0 Å². The van der Waals surface area contributed by atoms with E-state index in [9.17, 15) is 8.42 Å². The van der Waals surface area contributed by atoms with E-state index in [1.165, 1.54) is 12.3 Å². The van der Waals surface area contributed by atoms with Gasteiger partial charge in [0.15, 0.2) is 11.6 Å². The van der Waals surface area contributed by atoms with Gasteiger partial charge >= 0.3 is 6.02 Å². The third-order valence-electron chi connectivity index (χ3n) is 1.70. The number of oxime groups is 1. The van der Waals surface area contributed by atoms with Gasteiger partial charge < -0.3 is 9.57 Å². The van der Waals surface area contributed by atoms with Crippen molar-refractivity contribution in [1.29, 1.82) is 0 Å². The van der Waals surface area contributed by atoms with Gasteiger partial charge in [-0.05, 0) is 17.3 Å². The molecule has 1 aromatic rings. The monoisotopic (exact) mass is 243 g/mol. The van der Waals surface area contributed by atoms with E-state index in [1.807, 2.05) is 0 Å². The summed E-state index contributed by atoms with van der Waals surface area (Å²) in [5.74, 6) is 0. The summed E-state index contributed by atoms with van der Waals surface area (Å²) in [5, 5.41) is 3.31. The Hall–Kier alpha value is -1.83. The minimum Gasteiger partial charge on any atom is -0.459 e. The first kappa shape index (κ1) is 10.7. The highest BCUT2D eigenvalue weighted by atomic mass is 32.2. The van der Waals surface area contributed by atoms with Gasteiger partial charge in [0.05, 0.1) is 0 Å². The zero-order valence-electron chi connectivity index (χ0n) is 8.16. The molecule has 0 aromatic carbocycles. The van der Waals surface area contributed by atoms with Crippen molar-refractivity contribution < 1.29 is 18.0 Å².